The van der Waals surface area contributed by atoms with Gasteiger partial charge in [-0.3, -0.25) is 4.79 Å². The Bertz CT molecular complexity index is 917. The molecule has 0 aliphatic rings. The fourth-order valence-corrected chi connectivity index (χ4v) is 3.20. The average molecular weight is 353 g/mol. The van der Waals surface area contributed by atoms with Crippen LogP contribution in [0.5, 0.6) is 11.5 Å². The zero-order valence-corrected chi connectivity index (χ0v) is 15.6. The third kappa shape index (κ3) is 3.44. The molecule has 0 amide bonds. The minimum absolute atomic E-state index is 0.139. The molecule has 0 aliphatic heterocycles. The Labute approximate surface area is 153 Å². The van der Waals surface area contributed by atoms with Gasteiger partial charge in [0.05, 0.1) is 21.3 Å². The van der Waals surface area contributed by atoms with E-state index in [0.29, 0.717) is 11.5 Å². The van der Waals surface area contributed by atoms with Crippen LogP contribution in [0.15, 0.2) is 48.7 Å². The number of methoxy groups -OCH3 is 2. The number of fused-ring (bicyclic) bond motifs is 1. The Kier molecular flexibility index (Phi) is 5.28. The van der Waals surface area contributed by atoms with Crippen molar-refractivity contribution >= 4 is 16.7 Å². The molecule has 0 saturated heterocycles. The van der Waals surface area contributed by atoms with Crippen molar-refractivity contribution in [2.45, 2.75) is 19.5 Å². The quantitative estimate of drug-likeness (QED) is 0.642. The number of aromatic amines is 1. The van der Waals surface area contributed by atoms with Gasteiger partial charge in [-0.15, -0.1) is 0 Å². The lowest BCUT2D eigenvalue weighted by Crippen LogP contribution is -3.12. The molecule has 136 valence electrons. The summed E-state index contributed by atoms with van der Waals surface area (Å²) in [4.78, 5) is 17.3. The molecule has 0 spiro atoms. The summed E-state index contributed by atoms with van der Waals surface area (Å²) >= 11 is 0. The number of ketones is 1. The SMILES string of the molecule is COc1ccc(C[NH+](C)[C@H](C)C(=O)c2c[nH]c3ccccc23)cc1OC. The van der Waals surface area contributed by atoms with Crippen molar-refractivity contribution < 1.29 is 19.2 Å². The Morgan fingerprint density at radius 3 is 2.58 bits per heavy atom. The molecule has 1 aromatic heterocycles. The van der Waals surface area contributed by atoms with Gasteiger partial charge in [0, 0.05) is 28.2 Å². The topological polar surface area (TPSA) is 55.8 Å². The third-order valence-corrected chi connectivity index (χ3v) is 4.92. The second-order valence-electron chi connectivity index (χ2n) is 6.55. The molecule has 2 atom stereocenters. The molecule has 3 rings (SSSR count). The smallest absolute Gasteiger partial charge is 0.221 e. The number of ether oxygens (including phenoxy) is 2. The van der Waals surface area contributed by atoms with Crippen molar-refractivity contribution in [3.05, 3.63) is 59.8 Å². The van der Waals surface area contributed by atoms with E-state index >= 15 is 0 Å². The Morgan fingerprint density at radius 2 is 1.85 bits per heavy atom. The molecule has 5 heteroatoms. The highest BCUT2D eigenvalue weighted by atomic mass is 16.5. The summed E-state index contributed by atoms with van der Waals surface area (Å²) in [6.45, 7) is 2.69. The van der Waals surface area contributed by atoms with Crippen LogP contribution in [0.4, 0.5) is 0 Å². The second-order valence-corrected chi connectivity index (χ2v) is 6.55. The van der Waals surface area contributed by atoms with Crippen LogP contribution in [-0.2, 0) is 6.54 Å². The van der Waals surface area contributed by atoms with E-state index in [1.807, 2.05) is 62.6 Å². The highest BCUT2D eigenvalue weighted by Gasteiger charge is 2.25. The number of hydrogen-bond donors (Lipinski definition) is 2. The van der Waals surface area contributed by atoms with Gasteiger partial charge in [-0.1, -0.05) is 18.2 Å². The number of likely N-dealkylation sites (N-methyl/N-ethyl adjacent to an activating group) is 1. The molecule has 1 unspecified atom stereocenters. The molecule has 26 heavy (non-hydrogen) atoms. The number of carbonyl (C=O) groups excluding carboxylic acids is 1. The van der Waals surface area contributed by atoms with E-state index in [9.17, 15) is 4.79 Å². The van der Waals surface area contributed by atoms with Crippen molar-refractivity contribution in [3.63, 3.8) is 0 Å². The first-order valence-corrected chi connectivity index (χ1v) is 8.68. The summed E-state index contributed by atoms with van der Waals surface area (Å²) in [5, 5.41) is 0.975. The maximum atomic E-state index is 13.0. The molecule has 0 radical (unpaired) electrons. The van der Waals surface area contributed by atoms with Crippen LogP contribution in [0, 0.1) is 0 Å². The van der Waals surface area contributed by atoms with Crippen LogP contribution in [0.2, 0.25) is 0 Å². The van der Waals surface area contributed by atoms with Gasteiger partial charge in [-0.2, -0.15) is 0 Å². The van der Waals surface area contributed by atoms with Crippen molar-refractivity contribution in [1.82, 2.24) is 4.98 Å². The van der Waals surface area contributed by atoms with E-state index in [1.165, 1.54) is 0 Å². The first-order chi connectivity index (χ1) is 12.5. The van der Waals surface area contributed by atoms with Crippen molar-refractivity contribution in [2.75, 3.05) is 21.3 Å². The molecule has 1 heterocycles. The monoisotopic (exact) mass is 353 g/mol. The molecule has 3 aromatic rings. The van der Waals surface area contributed by atoms with Gasteiger partial charge < -0.3 is 19.4 Å². The highest BCUT2D eigenvalue weighted by molar-refractivity contribution is 6.09. The number of hydrogen-bond acceptors (Lipinski definition) is 3. The van der Waals surface area contributed by atoms with E-state index < -0.39 is 0 Å². The summed E-state index contributed by atoms with van der Waals surface area (Å²) in [6, 6.07) is 13.6. The molecular weight excluding hydrogens is 328 g/mol. The minimum Gasteiger partial charge on any atom is -0.493 e. The lowest BCUT2D eigenvalue weighted by atomic mass is 10.0. The van der Waals surface area contributed by atoms with Gasteiger partial charge in [0.25, 0.3) is 0 Å². The van der Waals surface area contributed by atoms with Crippen LogP contribution >= 0.6 is 0 Å². The highest BCUT2D eigenvalue weighted by Crippen LogP contribution is 2.27. The third-order valence-electron chi connectivity index (χ3n) is 4.92. The average Bonchev–Trinajstić information content (AvgIpc) is 3.10. The number of Topliss-reactive ketones (excluding diaryl/α,β-unsaturated/α-hetero) is 1. The molecular formula is C21H25N2O3+. The lowest BCUT2D eigenvalue weighted by Gasteiger charge is -2.21. The first kappa shape index (κ1) is 18.0. The number of para-hydroxylation sites is 1. The summed E-state index contributed by atoms with van der Waals surface area (Å²) in [7, 11) is 5.28. The summed E-state index contributed by atoms with van der Waals surface area (Å²) < 4.78 is 10.7. The van der Waals surface area contributed by atoms with E-state index in [2.05, 4.69) is 4.98 Å². The minimum atomic E-state index is -0.165. The van der Waals surface area contributed by atoms with Crippen LogP contribution in [-0.4, -0.2) is 38.1 Å². The Morgan fingerprint density at radius 1 is 1.12 bits per heavy atom. The number of benzene rings is 2. The molecule has 0 bridgehead atoms. The van der Waals surface area contributed by atoms with E-state index in [4.69, 9.17) is 9.47 Å². The second kappa shape index (κ2) is 7.62. The maximum Gasteiger partial charge on any atom is 0.221 e. The summed E-state index contributed by atoms with van der Waals surface area (Å²) in [5.74, 6) is 1.55. The molecule has 0 saturated carbocycles. The van der Waals surface area contributed by atoms with Crippen molar-refractivity contribution in [2.24, 2.45) is 0 Å². The Balaban J connectivity index is 1.77. The Hall–Kier alpha value is -2.79. The van der Waals surface area contributed by atoms with Gasteiger partial charge in [-0.05, 0) is 31.2 Å². The number of nitrogens with one attached hydrogen (secondary N) is 2. The van der Waals surface area contributed by atoms with E-state index in [1.54, 1.807) is 14.2 Å². The lowest BCUT2D eigenvalue weighted by molar-refractivity contribution is -0.907. The molecule has 0 fully saturated rings. The fourth-order valence-electron chi connectivity index (χ4n) is 3.20. The molecule has 2 N–H and O–H groups in total. The normalized spacial score (nSPS) is 13.4. The predicted octanol–water partition coefficient (Wildman–Crippen LogP) is 2.47. The van der Waals surface area contributed by atoms with Gasteiger partial charge in [0.1, 0.15) is 12.6 Å². The van der Waals surface area contributed by atoms with Crippen LogP contribution in [0.3, 0.4) is 0 Å². The number of aromatic nitrogens is 1. The number of rotatable bonds is 7. The van der Waals surface area contributed by atoms with Crippen molar-refractivity contribution in [1.29, 1.82) is 0 Å². The zero-order valence-electron chi connectivity index (χ0n) is 15.6. The van der Waals surface area contributed by atoms with Crippen LogP contribution in [0.1, 0.15) is 22.8 Å². The predicted molar refractivity (Wildman–Crippen MR) is 102 cm³/mol. The number of carbonyl (C=O) groups is 1. The van der Waals surface area contributed by atoms with E-state index in [0.717, 1.165) is 33.5 Å². The fraction of sp³-hybridized carbons (Fsp3) is 0.286. The maximum absolute atomic E-state index is 13.0. The summed E-state index contributed by atoms with van der Waals surface area (Å²) in [6.07, 6.45) is 1.81. The molecule has 5 nitrogen and oxygen atoms in total. The first-order valence-electron chi connectivity index (χ1n) is 8.68. The number of H-pyrrole nitrogens is 1. The van der Waals surface area contributed by atoms with E-state index in [-0.39, 0.29) is 11.8 Å². The van der Waals surface area contributed by atoms with Gasteiger partial charge >= 0.3 is 0 Å². The van der Waals surface area contributed by atoms with Crippen LogP contribution in [0.25, 0.3) is 10.9 Å². The molecule has 2 aromatic carbocycles. The van der Waals surface area contributed by atoms with Crippen molar-refractivity contribution in [3.8, 4) is 11.5 Å². The van der Waals surface area contributed by atoms with Gasteiger partial charge in [0.2, 0.25) is 5.78 Å². The number of quaternary nitrogens is 1. The largest absolute Gasteiger partial charge is 0.493 e. The molecule has 0 aliphatic carbocycles. The zero-order chi connectivity index (χ0) is 18.7. The van der Waals surface area contributed by atoms with Gasteiger partial charge in [0.15, 0.2) is 11.5 Å². The standard InChI is InChI=1S/C21H24N2O3/c1-14(21(24)17-12-22-18-8-6-5-7-16(17)18)23(2)13-15-9-10-19(25-3)20(11-15)26-4/h5-12,14,22H,13H2,1-4H3/p+1/t14-/m1/s1. The summed E-state index contributed by atoms with van der Waals surface area (Å²) in [5.41, 5.74) is 2.83. The van der Waals surface area contributed by atoms with Gasteiger partial charge in [-0.25, -0.2) is 0 Å². The van der Waals surface area contributed by atoms with Crippen LogP contribution < -0.4 is 14.4 Å².